The number of hydrogen-bond donors (Lipinski definition) is 1. The lowest BCUT2D eigenvalue weighted by Gasteiger charge is -2.33. The molecule has 1 aliphatic heterocycles. The minimum atomic E-state index is -0.298. The fraction of sp³-hybridized carbons (Fsp3) is 0.500. The zero-order chi connectivity index (χ0) is 11.8. The summed E-state index contributed by atoms with van der Waals surface area (Å²) in [7, 11) is -0.298. The lowest BCUT2D eigenvalue weighted by atomic mass is 9.73. The van der Waals surface area contributed by atoms with Crippen LogP contribution in [0.4, 0.5) is 0 Å². The Labute approximate surface area is 96.5 Å². The summed E-state index contributed by atoms with van der Waals surface area (Å²) in [6, 6.07) is 5.24. The van der Waals surface area contributed by atoms with Gasteiger partial charge in [0.25, 0.3) is 0 Å². The van der Waals surface area contributed by atoms with Gasteiger partial charge in [-0.1, -0.05) is 19.9 Å². The Morgan fingerprint density at radius 2 is 1.88 bits per heavy atom. The minimum absolute atomic E-state index is 0.0846. The molecule has 16 heavy (non-hydrogen) atoms. The normalized spacial score (nSPS) is 19.8. The highest BCUT2D eigenvalue weighted by molar-refractivity contribution is 6.62. The van der Waals surface area contributed by atoms with Gasteiger partial charge in [0.15, 0.2) is 0 Å². The maximum absolute atomic E-state index is 9.34. The molecule has 1 saturated heterocycles. The van der Waals surface area contributed by atoms with Crippen molar-refractivity contribution >= 4 is 12.6 Å². The molecule has 1 heterocycles. The van der Waals surface area contributed by atoms with Gasteiger partial charge in [-0.2, -0.15) is 0 Å². The fourth-order valence-electron chi connectivity index (χ4n) is 1.80. The van der Waals surface area contributed by atoms with E-state index in [0.717, 1.165) is 11.0 Å². The fourth-order valence-corrected chi connectivity index (χ4v) is 1.80. The molecule has 0 aromatic heterocycles. The zero-order valence-corrected chi connectivity index (χ0v) is 9.99. The van der Waals surface area contributed by atoms with E-state index in [1.165, 1.54) is 0 Å². The topological polar surface area (TPSA) is 38.7 Å². The maximum Gasteiger partial charge on any atom is 0.494 e. The van der Waals surface area contributed by atoms with Gasteiger partial charge >= 0.3 is 7.12 Å². The maximum atomic E-state index is 9.34. The quantitative estimate of drug-likeness (QED) is 0.728. The summed E-state index contributed by atoms with van der Waals surface area (Å²) >= 11 is 0. The summed E-state index contributed by atoms with van der Waals surface area (Å²) in [5.74, 6) is 0.275. The van der Waals surface area contributed by atoms with Crippen LogP contribution in [0.15, 0.2) is 18.2 Å². The van der Waals surface area contributed by atoms with E-state index in [0.29, 0.717) is 13.2 Å². The van der Waals surface area contributed by atoms with E-state index in [1.807, 2.05) is 13.0 Å². The number of hydrogen-bond acceptors (Lipinski definition) is 3. The van der Waals surface area contributed by atoms with Crippen molar-refractivity contribution < 1.29 is 14.4 Å². The van der Waals surface area contributed by atoms with Crippen molar-refractivity contribution in [3.05, 3.63) is 23.8 Å². The second-order valence-corrected chi connectivity index (χ2v) is 5.16. The number of rotatable bonds is 1. The summed E-state index contributed by atoms with van der Waals surface area (Å²) in [4.78, 5) is 0. The van der Waals surface area contributed by atoms with E-state index in [9.17, 15) is 5.11 Å². The molecule has 0 amide bonds. The highest BCUT2D eigenvalue weighted by Crippen LogP contribution is 2.22. The molecule has 0 unspecified atom stereocenters. The monoisotopic (exact) mass is 220 g/mol. The van der Waals surface area contributed by atoms with E-state index in [-0.39, 0.29) is 18.3 Å². The van der Waals surface area contributed by atoms with Gasteiger partial charge in [0, 0.05) is 18.6 Å². The van der Waals surface area contributed by atoms with Crippen LogP contribution in [-0.4, -0.2) is 25.4 Å². The summed E-state index contributed by atoms with van der Waals surface area (Å²) in [5.41, 5.74) is 2.07. The minimum Gasteiger partial charge on any atom is -0.508 e. The van der Waals surface area contributed by atoms with Crippen molar-refractivity contribution in [2.45, 2.75) is 20.8 Å². The Bertz CT molecular complexity index is 380. The van der Waals surface area contributed by atoms with Crippen LogP contribution < -0.4 is 5.46 Å². The predicted molar refractivity (Wildman–Crippen MR) is 63.9 cm³/mol. The molecule has 4 heteroatoms. The molecular weight excluding hydrogens is 203 g/mol. The second-order valence-electron chi connectivity index (χ2n) is 5.16. The number of benzene rings is 1. The van der Waals surface area contributed by atoms with Gasteiger partial charge in [-0.3, -0.25) is 0 Å². The first-order chi connectivity index (χ1) is 7.48. The van der Waals surface area contributed by atoms with Crippen LogP contribution >= 0.6 is 0 Å². The van der Waals surface area contributed by atoms with E-state index in [4.69, 9.17) is 9.31 Å². The Kier molecular flexibility index (Phi) is 2.95. The Hall–Kier alpha value is -0.995. The Balaban J connectivity index is 2.14. The van der Waals surface area contributed by atoms with Gasteiger partial charge in [0.2, 0.25) is 0 Å². The van der Waals surface area contributed by atoms with Crippen molar-refractivity contribution in [2.75, 3.05) is 13.2 Å². The molecule has 2 rings (SSSR count). The Morgan fingerprint density at radius 3 is 2.44 bits per heavy atom. The van der Waals surface area contributed by atoms with Crippen LogP contribution in [0.3, 0.4) is 0 Å². The molecule has 1 aliphatic rings. The average molecular weight is 220 g/mol. The summed E-state index contributed by atoms with van der Waals surface area (Å²) in [6.07, 6.45) is 0. The summed E-state index contributed by atoms with van der Waals surface area (Å²) < 4.78 is 11.4. The summed E-state index contributed by atoms with van der Waals surface area (Å²) in [5, 5.41) is 9.34. The second kappa shape index (κ2) is 4.11. The lowest BCUT2D eigenvalue weighted by molar-refractivity contribution is 0.0342. The molecule has 0 bridgehead atoms. The first-order valence-corrected chi connectivity index (χ1v) is 5.51. The van der Waals surface area contributed by atoms with Gasteiger partial charge < -0.3 is 14.4 Å². The molecule has 1 aromatic rings. The molecule has 0 saturated carbocycles. The highest BCUT2D eigenvalue weighted by Gasteiger charge is 2.34. The first-order valence-electron chi connectivity index (χ1n) is 5.51. The van der Waals surface area contributed by atoms with Crippen molar-refractivity contribution in [3.63, 3.8) is 0 Å². The van der Waals surface area contributed by atoms with Crippen molar-refractivity contribution in [3.8, 4) is 5.75 Å². The number of phenols is 1. The number of aromatic hydroxyl groups is 1. The highest BCUT2D eigenvalue weighted by atomic mass is 16.6. The van der Waals surface area contributed by atoms with E-state index in [1.54, 1.807) is 12.1 Å². The van der Waals surface area contributed by atoms with E-state index < -0.39 is 0 Å². The zero-order valence-electron chi connectivity index (χ0n) is 9.99. The van der Waals surface area contributed by atoms with Crippen LogP contribution in [-0.2, 0) is 9.31 Å². The molecule has 0 atom stereocenters. The third-order valence-corrected chi connectivity index (χ3v) is 2.76. The van der Waals surface area contributed by atoms with Crippen LogP contribution in [0, 0.1) is 12.3 Å². The van der Waals surface area contributed by atoms with Crippen LogP contribution in [0.25, 0.3) is 0 Å². The summed E-state index contributed by atoms with van der Waals surface area (Å²) in [6.45, 7) is 7.57. The van der Waals surface area contributed by atoms with Crippen molar-refractivity contribution in [1.29, 1.82) is 0 Å². The van der Waals surface area contributed by atoms with Gasteiger partial charge in [0.1, 0.15) is 5.75 Å². The van der Waals surface area contributed by atoms with Crippen LogP contribution in [0.5, 0.6) is 5.75 Å². The van der Waals surface area contributed by atoms with E-state index >= 15 is 0 Å². The van der Waals surface area contributed by atoms with Crippen molar-refractivity contribution in [2.24, 2.45) is 5.41 Å². The van der Waals surface area contributed by atoms with Gasteiger partial charge in [0.05, 0.1) is 0 Å². The third-order valence-electron chi connectivity index (χ3n) is 2.76. The van der Waals surface area contributed by atoms with Gasteiger partial charge in [-0.25, -0.2) is 0 Å². The smallest absolute Gasteiger partial charge is 0.494 e. The molecule has 0 aliphatic carbocycles. The molecule has 3 nitrogen and oxygen atoms in total. The first kappa shape index (κ1) is 11.5. The molecule has 0 radical (unpaired) electrons. The lowest BCUT2D eigenvalue weighted by Crippen LogP contribution is -2.48. The standard InChI is InChI=1S/C12H17BO3/c1-9-6-10(14)4-5-11(9)13-15-7-12(2,3)8-16-13/h4-6,14H,7-8H2,1-3H3. The molecule has 1 fully saturated rings. The third kappa shape index (κ3) is 2.39. The number of phenolic OH excluding ortho intramolecular Hbond substituents is 1. The van der Waals surface area contributed by atoms with Crippen LogP contribution in [0.2, 0.25) is 0 Å². The average Bonchev–Trinajstić information content (AvgIpc) is 2.19. The molecule has 0 spiro atoms. The molecule has 86 valence electrons. The SMILES string of the molecule is Cc1cc(O)ccc1B1OCC(C)(C)CO1. The Morgan fingerprint density at radius 1 is 1.25 bits per heavy atom. The van der Waals surface area contributed by atoms with Crippen molar-refractivity contribution in [1.82, 2.24) is 0 Å². The largest absolute Gasteiger partial charge is 0.508 e. The number of aryl methyl sites for hydroxylation is 1. The molecule has 1 aromatic carbocycles. The predicted octanol–water partition coefficient (Wildman–Crippen LogP) is 1.47. The van der Waals surface area contributed by atoms with Gasteiger partial charge in [-0.05, 0) is 30.1 Å². The molecule has 1 N–H and O–H groups in total. The molecular formula is C12H17BO3. The van der Waals surface area contributed by atoms with Gasteiger partial charge in [-0.15, -0.1) is 0 Å². The van der Waals surface area contributed by atoms with Crippen LogP contribution in [0.1, 0.15) is 19.4 Å². The van der Waals surface area contributed by atoms with E-state index in [2.05, 4.69) is 13.8 Å².